The van der Waals surface area contributed by atoms with Crippen molar-refractivity contribution in [3.8, 4) is 0 Å². The van der Waals surface area contributed by atoms with E-state index in [9.17, 15) is 21.6 Å². The number of benzene rings is 2. The molecule has 0 amide bonds. The third kappa shape index (κ3) is 24.3. The number of aryl methyl sites for hydroxylation is 2. The van der Waals surface area contributed by atoms with Crippen molar-refractivity contribution in [2.24, 2.45) is 11.8 Å². The first-order valence-electron chi connectivity index (χ1n) is 19.2. The molecule has 2 aromatic carbocycles. The number of carbonyl (C=O) groups excluding carboxylic acids is 1. The van der Waals surface area contributed by atoms with Gasteiger partial charge in [-0.15, -0.1) is 0 Å². The number of carbonyl (C=O) groups is 1. The Labute approximate surface area is 312 Å². The fourth-order valence-electron chi connectivity index (χ4n) is 5.87. The van der Waals surface area contributed by atoms with Gasteiger partial charge in [-0.1, -0.05) is 128 Å². The minimum atomic E-state index is -2.93. The van der Waals surface area contributed by atoms with Crippen LogP contribution in [-0.2, 0) is 50.2 Å². The van der Waals surface area contributed by atoms with Crippen LogP contribution in [0.15, 0.2) is 48.5 Å². The molecule has 2 rings (SSSR count). The lowest BCUT2D eigenvalue weighted by atomic mass is 10.0. The Kier molecular flexibility index (Phi) is 23.9. The molecule has 50 heavy (non-hydrogen) atoms. The summed E-state index contributed by atoms with van der Waals surface area (Å²) < 4.78 is 47.3. The summed E-state index contributed by atoms with van der Waals surface area (Å²) in [5, 5.41) is 0. The molecule has 0 atom stereocenters. The molecule has 2 aromatic rings. The first kappa shape index (κ1) is 46.1. The molecule has 0 N–H and O–H groups in total. The molecule has 0 aliphatic heterocycles. The number of unbranched alkanes of at least 4 members (excludes halogenated alkanes) is 6. The van der Waals surface area contributed by atoms with Gasteiger partial charge in [0, 0.05) is 19.3 Å². The van der Waals surface area contributed by atoms with Crippen LogP contribution in [0.4, 0.5) is 0 Å². The van der Waals surface area contributed by atoms with E-state index < -0.39 is 19.7 Å². The summed E-state index contributed by atoms with van der Waals surface area (Å²) in [6, 6.07) is 17.2. The van der Waals surface area contributed by atoms with Crippen LogP contribution in [0.5, 0.6) is 0 Å². The van der Waals surface area contributed by atoms with Crippen molar-refractivity contribution < 1.29 is 21.6 Å². The maximum absolute atomic E-state index is 12.1. The zero-order valence-corrected chi connectivity index (χ0v) is 34.6. The van der Waals surface area contributed by atoms with Crippen LogP contribution in [-0.4, -0.2) is 50.5 Å². The molecule has 5 nitrogen and oxygen atoms in total. The van der Waals surface area contributed by atoms with Crippen LogP contribution in [0.3, 0.4) is 0 Å². The van der Waals surface area contributed by atoms with Gasteiger partial charge in [0.05, 0.1) is 23.0 Å². The highest BCUT2D eigenvalue weighted by molar-refractivity contribution is 7.91. The molecular formula is C42H68O5S3. The molecule has 0 saturated carbocycles. The van der Waals surface area contributed by atoms with Crippen LogP contribution in [0, 0.1) is 11.8 Å². The van der Waals surface area contributed by atoms with E-state index in [0.717, 1.165) is 68.2 Å². The van der Waals surface area contributed by atoms with E-state index in [-0.39, 0.29) is 29.1 Å². The van der Waals surface area contributed by atoms with Crippen molar-refractivity contribution in [1.29, 1.82) is 0 Å². The number of ketones is 1. The molecule has 284 valence electrons. The second-order valence-electron chi connectivity index (χ2n) is 14.9. The molecule has 0 aliphatic carbocycles. The number of Topliss-reactive ketones (excluding diaryl/α,β-unsaturated/α-hetero) is 1. The number of hydrogen-bond acceptors (Lipinski definition) is 6. The van der Waals surface area contributed by atoms with Crippen molar-refractivity contribution in [2.75, 3.05) is 23.0 Å². The normalized spacial score (nSPS) is 11.8. The fourth-order valence-corrected chi connectivity index (χ4v) is 9.83. The highest BCUT2D eigenvalue weighted by atomic mass is 32.2. The Balaban J connectivity index is 0.000000500. The summed E-state index contributed by atoms with van der Waals surface area (Å²) in [5.74, 6) is 1.77. The van der Waals surface area contributed by atoms with E-state index in [1.165, 1.54) is 42.4 Å². The van der Waals surface area contributed by atoms with E-state index >= 15 is 0 Å². The van der Waals surface area contributed by atoms with Crippen LogP contribution in [0.1, 0.15) is 141 Å². The Morgan fingerprint density at radius 2 is 0.920 bits per heavy atom. The Morgan fingerprint density at radius 3 is 1.32 bits per heavy atom. The predicted octanol–water partition coefficient (Wildman–Crippen LogP) is 10.3. The highest BCUT2D eigenvalue weighted by Crippen LogP contribution is 2.14. The maximum atomic E-state index is 12.1. The van der Waals surface area contributed by atoms with Crippen LogP contribution >= 0.6 is 12.2 Å². The minimum Gasteiger partial charge on any atom is -0.299 e. The van der Waals surface area contributed by atoms with E-state index in [1.807, 2.05) is 27.7 Å². The molecule has 0 fully saturated rings. The maximum Gasteiger partial charge on any atom is 0.150 e. The average molecular weight is 749 g/mol. The highest BCUT2D eigenvalue weighted by Gasteiger charge is 2.14. The van der Waals surface area contributed by atoms with Gasteiger partial charge in [0.1, 0.15) is 5.78 Å². The van der Waals surface area contributed by atoms with Gasteiger partial charge < -0.3 is 0 Å². The zero-order valence-electron chi connectivity index (χ0n) is 32.2. The van der Waals surface area contributed by atoms with Gasteiger partial charge in [0.2, 0.25) is 0 Å². The first-order valence-corrected chi connectivity index (χ1v) is 23.3. The fraction of sp³-hybridized carbons (Fsp3) is 0.667. The molecule has 0 aliphatic rings. The summed E-state index contributed by atoms with van der Waals surface area (Å²) in [4.78, 5) is 13.1. The molecule has 0 bridgehead atoms. The third-order valence-corrected chi connectivity index (χ3v) is 13.0. The van der Waals surface area contributed by atoms with Gasteiger partial charge in [-0.3, -0.25) is 4.79 Å². The second kappa shape index (κ2) is 26.0. The van der Waals surface area contributed by atoms with Crippen molar-refractivity contribution in [3.63, 3.8) is 0 Å². The number of rotatable bonds is 26. The Bertz CT molecular complexity index is 1310. The van der Waals surface area contributed by atoms with E-state index in [1.54, 1.807) is 0 Å². The summed E-state index contributed by atoms with van der Waals surface area (Å²) >= 11 is 5.50. The summed E-state index contributed by atoms with van der Waals surface area (Å²) in [6.45, 7) is 12.1. The molecule has 8 heteroatoms. The lowest BCUT2D eigenvalue weighted by Crippen LogP contribution is -2.15. The van der Waals surface area contributed by atoms with Gasteiger partial charge in [-0.05, 0) is 96.7 Å². The predicted molar refractivity (Wildman–Crippen MR) is 219 cm³/mol. The quantitative estimate of drug-likeness (QED) is 0.0703. The molecule has 0 spiro atoms. The first-order chi connectivity index (χ1) is 23.6. The Hall–Kier alpha value is -1.90. The topological polar surface area (TPSA) is 85.3 Å². The largest absolute Gasteiger partial charge is 0.299 e. The molecule has 0 heterocycles. The van der Waals surface area contributed by atoms with E-state index in [0.29, 0.717) is 30.8 Å². The molecular weight excluding hydrogens is 681 g/mol. The summed E-state index contributed by atoms with van der Waals surface area (Å²) in [7, 11) is -5.80. The lowest BCUT2D eigenvalue weighted by Gasteiger charge is -2.08. The minimum absolute atomic E-state index is 0.180. The number of sulfone groups is 2. The lowest BCUT2D eigenvalue weighted by molar-refractivity contribution is -0.118. The van der Waals surface area contributed by atoms with Crippen LogP contribution in [0.25, 0.3) is 0 Å². The van der Waals surface area contributed by atoms with E-state index in [4.69, 9.17) is 12.2 Å². The zero-order chi connectivity index (χ0) is 37.4. The number of hydrogen-bond donors (Lipinski definition) is 0. The van der Waals surface area contributed by atoms with Crippen molar-refractivity contribution >= 4 is 42.5 Å². The standard InChI is InChI=1S/C21H34O3S.C21H34O2S2/c1-4-5-9-19-11-13-20(14-12-19)16-21(22)10-7-6-8-15-25(23,24)17-18(2)3;1-4-5-9-19-11-13-20(14-12-19)16-21(24)10-7-6-8-15-25(22,23)17-18(2)3/h2*11-14,18H,4-10,15-17H2,1-3H3. The van der Waals surface area contributed by atoms with E-state index in [2.05, 4.69) is 62.4 Å². The van der Waals surface area contributed by atoms with Gasteiger partial charge in [-0.25, -0.2) is 16.8 Å². The Morgan fingerprint density at radius 1 is 0.540 bits per heavy atom. The monoisotopic (exact) mass is 748 g/mol. The smallest absolute Gasteiger partial charge is 0.150 e. The average Bonchev–Trinajstić information content (AvgIpc) is 3.03. The summed E-state index contributed by atoms with van der Waals surface area (Å²) in [6.07, 6.45) is 14.8. The summed E-state index contributed by atoms with van der Waals surface area (Å²) in [5.41, 5.74) is 5.09. The van der Waals surface area contributed by atoms with Crippen molar-refractivity contribution in [2.45, 2.75) is 144 Å². The molecule has 0 radical (unpaired) electrons. The second-order valence-corrected chi connectivity index (χ2v) is 19.9. The number of thiocarbonyl (C=S) groups is 1. The SMILES string of the molecule is CCCCc1ccc(CC(=O)CCCCCS(=O)(=O)CC(C)C)cc1.CCCCc1ccc(CC(=S)CCCCCS(=O)(=O)CC(C)C)cc1. The van der Waals surface area contributed by atoms with Crippen LogP contribution < -0.4 is 0 Å². The van der Waals surface area contributed by atoms with Gasteiger partial charge in [0.25, 0.3) is 0 Å². The third-order valence-electron chi connectivity index (χ3n) is 8.48. The van der Waals surface area contributed by atoms with Crippen molar-refractivity contribution in [3.05, 3.63) is 70.8 Å². The van der Waals surface area contributed by atoms with Crippen LogP contribution in [0.2, 0.25) is 0 Å². The van der Waals surface area contributed by atoms with Gasteiger partial charge in [-0.2, -0.15) is 0 Å². The van der Waals surface area contributed by atoms with Gasteiger partial charge in [0.15, 0.2) is 19.7 Å². The van der Waals surface area contributed by atoms with Gasteiger partial charge >= 0.3 is 0 Å². The van der Waals surface area contributed by atoms with Crippen molar-refractivity contribution in [1.82, 2.24) is 0 Å². The molecule has 0 saturated heterocycles. The molecule has 0 aromatic heterocycles. The molecule has 0 unspecified atom stereocenters.